The van der Waals surface area contributed by atoms with Crippen LogP contribution in [-0.2, 0) is 6.54 Å². The Hall–Kier alpha value is -2.03. The van der Waals surface area contributed by atoms with Gasteiger partial charge in [-0.05, 0) is 58.2 Å². The Morgan fingerprint density at radius 1 is 1.00 bits per heavy atom. The molecule has 0 unspecified atom stereocenters. The molecule has 31 heavy (non-hydrogen) atoms. The molecule has 0 fully saturated rings. The second-order valence-electron chi connectivity index (χ2n) is 7.32. The maximum absolute atomic E-state index is 11.9. The number of anilines is 1. The summed E-state index contributed by atoms with van der Waals surface area (Å²) in [6.07, 6.45) is 2.96. The minimum absolute atomic E-state index is 0. The van der Waals surface area contributed by atoms with Gasteiger partial charge >= 0.3 is 0 Å². The molecule has 0 aliphatic heterocycles. The third kappa shape index (κ3) is 9.76. The van der Waals surface area contributed by atoms with E-state index in [1.807, 2.05) is 23.6 Å². The van der Waals surface area contributed by atoms with Gasteiger partial charge in [0.25, 0.3) is 5.56 Å². The van der Waals surface area contributed by atoms with E-state index in [4.69, 9.17) is 4.99 Å². The number of hydrogen-bond acceptors (Lipinski definition) is 3. The smallest absolute Gasteiger partial charge is 0.250 e. The Kier molecular flexibility index (Phi) is 13.7. The molecule has 0 aliphatic carbocycles. The molecule has 172 valence electrons. The first kappa shape index (κ1) is 27.0. The minimum Gasteiger partial charge on any atom is -0.372 e. The quantitative estimate of drug-likeness (QED) is 0.185. The van der Waals surface area contributed by atoms with Crippen LogP contribution in [0.1, 0.15) is 38.8 Å². The third-order valence-corrected chi connectivity index (χ3v) is 5.07. The number of nitrogens with one attached hydrogen (secondary N) is 2. The van der Waals surface area contributed by atoms with Crippen LogP contribution in [0.15, 0.2) is 58.3 Å². The summed E-state index contributed by atoms with van der Waals surface area (Å²) >= 11 is 0. The maximum Gasteiger partial charge on any atom is 0.250 e. The summed E-state index contributed by atoms with van der Waals surface area (Å²) in [6.45, 7) is 11.5. The first-order valence-electron chi connectivity index (χ1n) is 11.1. The van der Waals surface area contributed by atoms with E-state index >= 15 is 0 Å². The summed E-state index contributed by atoms with van der Waals surface area (Å²) in [6, 6.07) is 15.9. The lowest BCUT2D eigenvalue weighted by Crippen LogP contribution is -2.38. The lowest BCUT2D eigenvalue weighted by molar-refractivity contribution is 0.574. The summed E-state index contributed by atoms with van der Waals surface area (Å²) in [5.74, 6) is 0.869. The third-order valence-electron chi connectivity index (χ3n) is 5.07. The summed E-state index contributed by atoms with van der Waals surface area (Å²) in [7, 11) is 0. The number of aliphatic imine (C=N–C) groups is 1. The summed E-state index contributed by atoms with van der Waals surface area (Å²) in [5, 5.41) is 6.72. The van der Waals surface area contributed by atoms with E-state index in [-0.39, 0.29) is 29.5 Å². The molecule has 6 nitrogen and oxygen atoms in total. The lowest BCUT2D eigenvalue weighted by Gasteiger charge is -2.22. The Balaban J connectivity index is 0.00000480. The van der Waals surface area contributed by atoms with E-state index in [0.717, 1.165) is 70.2 Å². The van der Waals surface area contributed by atoms with E-state index in [0.29, 0.717) is 0 Å². The Morgan fingerprint density at radius 3 is 2.45 bits per heavy atom. The Bertz CT molecular complexity index is 822. The van der Waals surface area contributed by atoms with Crippen LogP contribution >= 0.6 is 24.0 Å². The van der Waals surface area contributed by atoms with Crippen LogP contribution in [0.5, 0.6) is 0 Å². The first-order chi connectivity index (χ1) is 14.7. The number of para-hydroxylation sites is 1. The Labute approximate surface area is 204 Å². The molecular weight excluding hydrogens is 501 g/mol. The van der Waals surface area contributed by atoms with Gasteiger partial charge in [-0.15, -0.1) is 24.0 Å². The SMILES string of the molecule is CCNC(=NCCCN(CC)c1ccccc1)NCCCCn1c(C)cccc1=O.I. The molecular formula is C24H38IN5O. The van der Waals surface area contributed by atoms with Crippen LogP contribution < -0.4 is 21.1 Å². The second kappa shape index (κ2) is 15.7. The zero-order chi connectivity index (χ0) is 21.6. The van der Waals surface area contributed by atoms with Crippen molar-refractivity contribution in [3.05, 3.63) is 64.6 Å². The molecule has 0 aliphatic rings. The molecule has 7 heteroatoms. The first-order valence-corrected chi connectivity index (χ1v) is 11.1. The molecule has 1 aromatic carbocycles. The fraction of sp³-hybridized carbons (Fsp3) is 0.500. The van der Waals surface area contributed by atoms with Gasteiger partial charge in [0.05, 0.1) is 0 Å². The van der Waals surface area contributed by atoms with Crippen LogP contribution in [-0.4, -0.2) is 43.3 Å². The number of aromatic nitrogens is 1. The zero-order valence-corrected chi connectivity index (χ0v) is 21.5. The van der Waals surface area contributed by atoms with Crippen LogP contribution in [0, 0.1) is 6.92 Å². The van der Waals surface area contributed by atoms with E-state index in [1.54, 1.807) is 6.07 Å². The van der Waals surface area contributed by atoms with Gasteiger partial charge in [0, 0.05) is 56.7 Å². The topological polar surface area (TPSA) is 61.7 Å². The van der Waals surface area contributed by atoms with Gasteiger partial charge in [0.15, 0.2) is 5.96 Å². The number of pyridine rings is 1. The highest BCUT2D eigenvalue weighted by molar-refractivity contribution is 14.0. The number of hydrogen-bond donors (Lipinski definition) is 2. The normalized spacial score (nSPS) is 11.0. The summed E-state index contributed by atoms with van der Waals surface area (Å²) in [4.78, 5) is 19.0. The number of guanidine groups is 1. The average Bonchev–Trinajstić information content (AvgIpc) is 2.76. The van der Waals surface area contributed by atoms with Crippen molar-refractivity contribution in [2.24, 2.45) is 4.99 Å². The van der Waals surface area contributed by atoms with Gasteiger partial charge < -0.3 is 20.1 Å². The van der Waals surface area contributed by atoms with Crippen molar-refractivity contribution in [1.82, 2.24) is 15.2 Å². The minimum atomic E-state index is 0. The predicted molar refractivity (Wildman–Crippen MR) is 143 cm³/mol. The predicted octanol–water partition coefficient (Wildman–Crippen LogP) is 4.03. The number of halogens is 1. The second-order valence-corrected chi connectivity index (χ2v) is 7.32. The molecule has 0 saturated carbocycles. The van der Waals surface area contributed by atoms with Gasteiger partial charge in [-0.25, -0.2) is 0 Å². The van der Waals surface area contributed by atoms with Gasteiger partial charge in [0.2, 0.25) is 0 Å². The molecule has 1 aromatic heterocycles. The molecule has 0 bridgehead atoms. The van der Waals surface area contributed by atoms with E-state index in [2.05, 4.69) is 59.7 Å². The van der Waals surface area contributed by atoms with Crippen molar-refractivity contribution < 1.29 is 0 Å². The maximum atomic E-state index is 11.9. The van der Waals surface area contributed by atoms with Crippen LogP contribution in [0.3, 0.4) is 0 Å². The van der Waals surface area contributed by atoms with Crippen LogP contribution in [0.25, 0.3) is 0 Å². The van der Waals surface area contributed by atoms with Crippen molar-refractivity contribution >= 4 is 35.6 Å². The van der Waals surface area contributed by atoms with Crippen molar-refractivity contribution in [3.8, 4) is 0 Å². The number of benzene rings is 1. The van der Waals surface area contributed by atoms with Gasteiger partial charge in [0.1, 0.15) is 0 Å². The number of aryl methyl sites for hydroxylation is 1. The van der Waals surface area contributed by atoms with Crippen molar-refractivity contribution in [2.45, 2.75) is 46.6 Å². The molecule has 2 N–H and O–H groups in total. The fourth-order valence-corrected chi connectivity index (χ4v) is 3.41. The molecule has 0 atom stereocenters. The largest absolute Gasteiger partial charge is 0.372 e. The number of unbranched alkanes of at least 4 members (excludes halogenated alkanes) is 1. The highest BCUT2D eigenvalue weighted by Gasteiger charge is 2.03. The van der Waals surface area contributed by atoms with Crippen LogP contribution in [0.2, 0.25) is 0 Å². The van der Waals surface area contributed by atoms with Gasteiger partial charge in [-0.1, -0.05) is 24.3 Å². The summed E-state index contributed by atoms with van der Waals surface area (Å²) < 4.78 is 1.84. The zero-order valence-electron chi connectivity index (χ0n) is 19.1. The number of rotatable bonds is 12. The van der Waals surface area contributed by atoms with Crippen molar-refractivity contribution in [3.63, 3.8) is 0 Å². The highest BCUT2D eigenvalue weighted by Crippen LogP contribution is 2.12. The summed E-state index contributed by atoms with van der Waals surface area (Å²) in [5.41, 5.74) is 2.36. The fourth-order valence-electron chi connectivity index (χ4n) is 3.41. The molecule has 2 rings (SSSR count). The molecule has 0 radical (unpaired) electrons. The van der Waals surface area contributed by atoms with Gasteiger partial charge in [-0.2, -0.15) is 0 Å². The highest BCUT2D eigenvalue weighted by atomic mass is 127. The Morgan fingerprint density at radius 2 is 1.77 bits per heavy atom. The molecule has 0 spiro atoms. The van der Waals surface area contributed by atoms with E-state index in [1.165, 1.54) is 5.69 Å². The standard InChI is InChI=1S/C24H37N5O.HI/c1-4-25-24(26-17-9-10-20-29-21(3)13-11-16-23(29)30)27-18-12-19-28(5-2)22-14-7-6-8-15-22;/h6-8,11,13-16H,4-5,9-10,12,17-20H2,1-3H3,(H2,25,26,27);1H. The average molecular weight is 540 g/mol. The molecule has 1 heterocycles. The molecule has 2 aromatic rings. The lowest BCUT2D eigenvalue weighted by atomic mass is 10.2. The number of nitrogens with zero attached hydrogens (tertiary/aromatic N) is 3. The molecule has 0 saturated heterocycles. The monoisotopic (exact) mass is 539 g/mol. The van der Waals surface area contributed by atoms with Crippen molar-refractivity contribution in [1.29, 1.82) is 0 Å². The van der Waals surface area contributed by atoms with E-state index < -0.39 is 0 Å². The van der Waals surface area contributed by atoms with E-state index in [9.17, 15) is 4.79 Å². The van der Waals surface area contributed by atoms with Crippen molar-refractivity contribution in [2.75, 3.05) is 37.6 Å². The van der Waals surface area contributed by atoms with Crippen LogP contribution in [0.4, 0.5) is 5.69 Å². The molecule has 0 amide bonds. The van der Waals surface area contributed by atoms with Gasteiger partial charge in [-0.3, -0.25) is 9.79 Å².